The van der Waals surface area contributed by atoms with Gasteiger partial charge in [-0.25, -0.2) is 0 Å². The predicted octanol–water partition coefficient (Wildman–Crippen LogP) is 2.05. The van der Waals surface area contributed by atoms with E-state index in [0.717, 1.165) is 26.2 Å². The summed E-state index contributed by atoms with van der Waals surface area (Å²) in [6, 6.07) is 0.574. The fraction of sp³-hybridized carbons (Fsp3) is 1.00. The summed E-state index contributed by atoms with van der Waals surface area (Å²) in [5.74, 6) is 0.704. The maximum absolute atomic E-state index is 6.43. The summed E-state index contributed by atoms with van der Waals surface area (Å²) in [5, 5.41) is 3.64. The van der Waals surface area contributed by atoms with Crippen molar-refractivity contribution in [2.24, 2.45) is 11.7 Å². The van der Waals surface area contributed by atoms with Gasteiger partial charge < -0.3 is 15.8 Å². The van der Waals surface area contributed by atoms with Gasteiger partial charge in [-0.3, -0.25) is 0 Å². The first-order valence-electron chi connectivity index (χ1n) is 7.30. The highest BCUT2D eigenvalue weighted by Crippen LogP contribution is 2.28. The van der Waals surface area contributed by atoms with Gasteiger partial charge in [-0.05, 0) is 45.1 Å². The summed E-state index contributed by atoms with van der Waals surface area (Å²) in [5.41, 5.74) is 6.56. The third-order valence-electron chi connectivity index (χ3n) is 4.61. The van der Waals surface area contributed by atoms with Gasteiger partial charge in [0, 0.05) is 18.2 Å². The molecule has 1 aliphatic carbocycles. The lowest BCUT2D eigenvalue weighted by atomic mass is 9.80. The van der Waals surface area contributed by atoms with Crippen molar-refractivity contribution in [2.45, 2.75) is 63.5 Å². The molecule has 3 heteroatoms. The van der Waals surface area contributed by atoms with Gasteiger partial charge in [0.05, 0.1) is 6.61 Å². The van der Waals surface area contributed by atoms with Gasteiger partial charge >= 0.3 is 0 Å². The molecular formula is C14H28N2O. The Labute approximate surface area is 105 Å². The summed E-state index contributed by atoms with van der Waals surface area (Å²) >= 11 is 0. The Bertz CT molecular complexity index is 220. The Morgan fingerprint density at radius 3 is 2.76 bits per heavy atom. The lowest BCUT2D eigenvalue weighted by Crippen LogP contribution is -2.45. The minimum atomic E-state index is 0.122. The zero-order valence-corrected chi connectivity index (χ0v) is 11.2. The molecule has 3 N–H and O–H groups in total. The molecule has 0 radical (unpaired) electrons. The number of rotatable bonds is 5. The zero-order valence-electron chi connectivity index (χ0n) is 11.2. The predicted molar refractivity (Wildman–Crippen MR) is 71.0 cm³/mol. The molecule has 2 atom stereocenters. The quantitative estimate of drug-likeness (QED) is 0.773. The van der Waals surface area contributed by atoms with E-state index in [4.69, 9.17) is 10.5 Å². The van der Waals surface area contributed by atoms with Crippen LogP contribution >= 0.6 is 0 Å². The standard InChI is InChI=1S/C14H28N2O/c1-12(13-5-10-17-11-13)16-9-8-14(15)6-3-2-4-7-14/h12-13,16H,2-11,15H2,1H3. The molecule has 0 amide bonds. The van der Waals surface area contributed by atoms with Crippen molar-refractivity contribution >= 4 is 0 Å². The van der Waals surface area contributed by atoms with E-state index in [1.54, 1.807) is 0 Å². The molecule has 0 spiro atoms. The fourth-order valence-electron chi connectivity index (χ4n) is 3.17. The van der Waals surface area contributed by atoms with Gasteiger partial charge in [-0.1, -0.05) is 19.3 Å². The molecule has 2 fully saturated rings. The van der Waals surface area contributed by atoms with E-state index >= 15 is 0 Å². The second-order valence-corrected chi connectivity index (χ2v) is 6.04. The normalized spacial score (nSPS) is 30.4. The molecule has 0 aromatic heterocycles. The van der Waals surface area contributed by atoms with E-state index < -0.39 is 0 Å². The molecule has 3 nitrogen and oxygen atoms in total. The minimum absolute atomic E-state index is 0.122. The van der Waals surface area contributed by atoms with Crippen LogP contribution in [0.15, 0.2) is 0 Å². The van der Waals surface area contributed by atoms with Crippen LogP contribution in [0, 0.1) is 5.92 Å². The summed E-state index contributed by atoms with van der Waals surface area (Å²) < 4.78 is 5.43. The van der Waals surface area contributed by atoms with Crippen molar-refractivity contribution in [2.75, 3.05) is 19.8 Å². The van der Waals surface area contributed by atoms with Crippen LogP contribution in [-0.2, 0) is 4.74 Å². The molecule has 1 saturated carbocycles. The van der Waals surface area contributed by atoms with Crippen molar-refractivity contribution in [1.29, 1.82) is 0 Å². The van der Waals surface area contributed by atoms with E-state index in [1.165, 1.54) is 38.5 Å². The summed E-state index contributed by atoms with van der Waals surface area (Å²) in [7, 11) is 0. The maximum Gasteiger partial charge on any atom is 0.0509 e. The molecule has 17 heavy (non-hydrogen) atoms. The van der Waals surface area contributed by atoms with E-state index in [1.807, 2.05) is 0 Å². The van der Waals surface area contributed by atoms with Crippen molar-refractivity contribution < 1.29 is 4.74 Å². The SMILES string of the molecule is CC(NCCC1(N)CCCCC1)C1CCOC1. The molecule has 1 aliphatic heterocycles. The molecule has 100 valence electrons. The summed E-state index contributed by atoms with van der Waals surface area (Å²) in [6.07, 6.45) is 8.80. The molecule has 1 saturated heterocycles. The molecule has 2 rings (SSSR count). The molecule has 0 aromatic carbocycles. The van der Waals surface area contributed by atoms with Crippen molar-refractivity contribution in [1.82, 2.24) is 5.32 Å². The average molecular weight is 240 g/mol. The van der Waals surface area contributed by atoms with Crippen molar-refractivity contribution in [3.63, 3.8) is 0 Å². The number of nitrogens with one attached hydrogen (secondary N) is 1. The maximum atomic E-state index is 6.43. The third kappa shape index (κ3) is 3.94. The first-order valence-corrected chi connectivity index (χ1v) is 7.30. The van der Waals surface area contributed by atoms with E-state index in [0.29, 0.717) is 12.0 Å². The van der Waals surface area contributed by atoms with Gasteiger partial charge in [-0.15, -0.1) is 0 Å². The highest BCUT2D eigenvalue weighted by Gasteiger charge is 2.27. The smallest absolute Gasteiger partial charge is 0.0509 e. The van der Waals surface area contributed by atoms with Gasteiger partial charge in [0.15, 0.2) is 0 Å². The Morgan fingerprint density at radius 1 is 1.35 bits per heavy atom. The van der Waals surface area contributed by atoms with Crippen LogP contribution in [0.1, 0.15) is 51.9 Å². The highest BCUT2D eigenvalue weighted by atomic mass is 16.5. The van der Waals surface area contributed by atoms with Gasteiger partial charge in [-0.2, -0.15) is 0 Å². The van der Waals surface area contributed by atoms with Crippen LogP contribution in [0.25, 0.3) is 0 Å². The largest absolute Gasteiger partial charge is 0.381 e. The highest BCUT2D eigenvalue weighted by molar-refractivity contribution is 4.88. The van der Waals surface area contributed by atoms with Crippen LogP contribution < -0.4 is 11.1 Å². The number of ether oxygens (including phenoxy) is 1. The van der Waals surface area contributed by atoms with Gasteiger partial charge in [0.25, 0.3) is 0 Å². The average Bonchev–Trinajstić information content (AvgIpc) is 2.83. The summed E-state index contributed by atoms with van der Waals surface area (Å²) in [4.78, 5) is 0. The van der Waals surface area contributed by atoms with E-state index in [2.05, 4.69) is 12.2 Å². The topological polar surface area (TPSA) is 47.3 Å². The Hall–Kier alpha value is -0.120. The molecule has 0 aromatic rings. The van der Waals surface area contributed by atoms with Gasteiger partial charge in [0.1, 0.15) is 0 Å². The fourth-order valence-corrected chi connectivity index (χ4v) is 3.17. The monoisotopic (exact) mass is 240 g/mol. The number of nitrogens with two attached hydrogens (primary N) is 1. The molecule has 0 bridgehead atoms. The lowest BCUT2D eigenvalue weighted by molar-refractivity contribution is 0.177. The van der Waals surface area contributed by atoms with Gasteiger partial charge in [0.2, 0.25) is 0 Å². The second-order valence-electron chi connectivity index (χ2n) is 6.04. The zero-order chi connectivity index (χ0) is 12.1. The van der Waals surface area contributed by atoms with Crippen LogP contribution in [0.5, 0.6) is 0 Å². The molecule has 1 heterocycles. The van der Waals surface area contributed by atoms with Crippen LogP contribution in [0.4, 0.5) is 0 Å². The Morgan fingerprint density at radius 2 is 2.12 bits per heavy atom. The minimum Gasteiger partial charge on any atom is -0.381 e. The molecule has 2 unspecified atom stereocenters. The van der Waals surface area contributed by atoms with Crippen LogP contribution in [0.2, 0.25) is 0 Å². The molecule has 2 aliphatic rings. The Kier molecular flexibility index (Phi) is 4.83. The second kappa shape index (κ2) is 6.17. The van der Waals surface area contributed by atoms with Crippen LogP contribution in [0.3, 0.4) is 0 Å². The van der Waals surface area contributed by atoms with Crippen molar-refractivity contribution in [3.8, 4) is 0 Å². The van der Waals surface area contributed by atoms with E-state index in [9.17, 15) is 0 Å². The van der Waals surface area contributed by atoms with Crippen LogP contribution in [-0.4, -0.2) is 31.3 Å². The van der Waals surface area contributed by atoms with E-state index in [-0.39, 0.29) is 5.54 Å². The summed E-state index contributed by atoms with van der Waals surface area (Å²) in [6.45, 7) is 5.22. The Balaban J connectivity index is 1.64. The van der Waals surface area contributed by atoms with Crippen molar-refractivity contribution in [3.05, 3.63) is 0 Å². The molecular weight excluding hydrogens is 212 g/mol. The number of hydrogen-bond acceptors (Lipinski definition) is 3. The number of hydrogen-bond donors (Lipinski definition) is 2. The third-order valence-corrected chi connectivity index (χ3v) is 4.61. The first-order chi connectivity index (χ1) is 8.20. The lowest BCUT2D eigenvalue weighted by Gasteiger charge is -2.34. The first kappa shape index (κ1) is 13.3.